The maximum absolute atomic E-state index is 11.7. The molecule has 0 radical (unpaired) electrons. The molecule has 0 unspecified atom stereocenters. The molecule has 0 bridgehead atoms. The zero-order chi connectivity index (χ0) is 14.3. The number of hydrogen-bond acceptors (Lipinski definition) is 4. The van der Waals surface area contributed by atoms with Gasteiger partial charge in [0.05, 0.1) is 6.42 Å². The molecule has 0 atom stereocenters. The Kier molecular flexibility index (Phi) is 5.66. The van der Waals surface area contributed by atoms with E-state index in [1.165, 1.54) is 0 Å². The molecule has 0 fully saturated rings. The maximum Gasteiger partial charge on any atom is 0.242 e. The lowest BCUT2D eigenvalue weighted by Crippen LogP contribution is -2.25. The van der Waals surface area contributed by atoms with Crippen molar-refractivity contribution in [1.29, 1.82) is 0 Å². The van der Waals surface area contributed by atoms with E-state index >= 15 is 0 Å². The molecule has 0 aliphatic rings. The molecule has 1 heterocycles. The number of hydrogen-bond donors (Lipinski definition) is 2. The highest BCUT2D eigenvalue weighted by Gasteiger charge is 2.07. The van der Waals surface area contributed by atoms with E-state index in [1.54, 1.807) is 45.2 Å². The predicted molar refractivity (Wildman–Crippen MR) is 73.6 cm³/mol. The van der Waals surface area contributed by atoms with E-state index in [-0.39, 0.29) is 24.2 Å². The van der Waals surface area contributed by atoms with Crippen molar-refractivity contribution in [3.63, 3.8) is 0 Å². The van der Waals surface area contributed by atoms with Crippen LogP contribution in [-0.4, -0.2) is 22.5 Å². The zero-order valence-electron chi connectivity index (χ0n) is 11.3. The molecule has 0 saturated carbocycles. The predicted octanol–water partition coefficient (Wildman–Crippen LogP) is 1.56. The highest BCUT2D eigenvalue weighted by atomic mass is 16.2. The monoisotopic (exact) mass is 262 g/mol. The number of nitrogens with one attached hydrogen (secondary N) is 2. The van der Waals surface area contributed by atoms with Crippen LogP contribution in [0.25, 0.3) is 0 Å². The van der Waals surface area contributed by atoms with E-state index in [4.69, 9.17) is 0 Å². The summed E-state index contributed by atoms with van der Waals surface area (Å²) < 4.78 is 0. The minimum atomic E-state index is -0.223. The molecule has 2 amide bonds. The van der Waals surface area contributed by atoms with Crippen LogP contribution in [0.3, 0.4) is 0 Å². The summed E-state index contributed by atoms with van der Waals surface area (Å²) in [4.78, 5) is 26.9. The molecule has 0 spiro atoms. The summed E-state index contributed by atoms with van der Waals surface area (Å²) in [6, 6.07) is 5.25. The Balaban J connectivity index is 2.44. The topological polar surface area (TPSA) is 83.4 Å². The summed E-state index contributed by atoms with van der Waals surface area (Å²) in [5, 5.41) is 6.50. The maximum atomic E-state index is 11.7. The summed E-state index contributed by atoms with van der Waals surface area (Å²) in [5.41, 5.74) is 2.93. The Labute approximate surface area is 112 Å². The lowest BCUT2D eigenvalue weighted by molar-refractivity contribution is -0.124. The minimum Gasteiger partial charge on any atom is -0.310 e. The van der Waals surface area contributed by atoms with Gasteiger partial charge >= 0.3 is 0 Å². The van der Waals surface area contributed by atoms with Gasteiger partial charge < -0.3 is 5.32 Å². The Morgan fingerprint density at radius 1 is 1.37 bits per heavy atom. The number of rotatable bonds is 5. The lowest BCUT2D eigenvalue weighted by Gasteiger charge is -2.05. The first kappa shape index (κ1) is 14.8. The minimum absolute atomic E-state index is 0.106. The van der Waals surface area contributed by atoms with Gasteiger partial charge in [0.2, 0.25) is 11.8 Å². The average Bonchev–Trinajstić information content (AvgIpc) is 2.36. The van der Waals surface area contributed by atoms with Crippen LogP contribution in [0.15, 0.2) is 29.5 Å². The van der Waals surface area contributed by atoms with E-state index in [1.807, 2.05) is 0 Å². The molecule has 1 aromatic rings. The van der Waals surface area contributed by atoms with Gasteiger partial charge in [0, 0.05) is 17.8 Å². The van der Waals surface area contributed by atoms with E-state index < -0.39 is 0 Å². The van der Waals surface area contributed by atoms with Gasteiger partial charge in [0.15, 0.2) is 0 Å². The summed E-state index contributed by atoms with van der Waals surface area (Å²) in [6.45, 7) is 5.22. The third kappa shape index (κ3) is 5.76. The highest BCUT2D eigenvalue weighted by molar-refractivity contribution is 6.05. The van der Waals surface area contributed by atoms with Crippen molar-refractivity contribution in [2.24, 2.45) is 11.0 Å². The molecule has 19 heavy (non-hydrogen) atoms. The van der Waals surface area contributed by atoms with E-state index in [0.29, 0.717) is 11.5 Å². The van der Waals surface area contributed by atoms with Crippen LogP contribution in [0, 0.1) is 5.92 Å². The molecular formula is C13H18N4O2. The quantitative estimate of drug-likeness (QED) is 0.624. The van der Waals surface area contributed by atoms with Gasteiger partial charge in [-0.25, -0.2) is 10.4 Å². The van der Waals surface area contributed by atoms with Gasteiger partial charge in [-0.1, -0.05) is 19.9 Å². The number of nitrogens with zero attached hydrogens (tertiary/aromatic N) is 2. The van der Waals surface area contributed by atoms with Crippen LogP contribution >= 0.6 is 0 Å². The summed E-state index contributed by atoms with van der Waals surface area (Å²) in [7, 11) is 0. The smallest absolute Gasteiger partial charge is 0.242 e. The Bertz CT molecular complexity index is 469. The van der Waals surface area contributed by atoms with Crippen molar-refractivity contribution in [2.45, 2.75) is 27.2 Å². The van der Waals surface area contributed by atoms with Crippen molar-refractivity contribution >= 4 is 23.3 Å². The standard InChI is InChI=1S/C13H18N4O2/c1-9(2)13(19)17-16-10(3)8-12(18)15-11-6-4-5-7-14-11/h4-7,9H,8H2,1-3H3,(H,17,19)(H,14,15,18)/b16-10+. The van der Waals surface area contributed by atoms with Crippen molar-refractivity contribution in [2.75, 3.05) is 5.32 Å². The van der Waals surface area contributed by atoms with Gasteiger partial charge in [0.25, 0.3) is 0 Å². The van der Waals surface area contributed by atoms with Gasteiger partial charge in [-0.15, -0.1) is 0 Å². The fraction of sp³-hybridized carbons (Fsp3) is 0.385. The number of amides is 2. The van der Waals surface area contributed by atoms with E-state index in [0.717, 1.165) is 0 Å². The van der Waals surface area contributed by atoms with Crippen molar-refractivity contribution in [3.8, 4) is 0 Å². The average molecular weight is 262 g/mol. The lowest BCUT2D eigenvalue weighted by atomic mass is 10.2. The number of aromatic nitrogens is 1. The number of carbonyl (C=O) groups is 2. The third-order valence-corrected chi connectivity index (χ3v) is 2.23. The molecular weight excluding hydrogens is 244 g/mol. The third-order valence-electron chi connectivity index (χ3n) is 2.23. The van der Waals surface area contributed by atoms with Crippen LogP contribution in [0.2, 0.25) is 0 Å². The van der Waals surface area contributed by atoms with Gasteiger partial charge in [-0.3, -0.25) is 9.59 Å². The van der Waals surface area contributed by atoms with Crippen LogP contribution in [-0.2, 0) is 9.59 Å². The van der Waals surface area contributed by atoms with Crippen LogP contribution in [0.4, 0.5) is 5.82 Å². The highest BCUT2D eigenvalue weighted by Crippen LogP contribution is 2.01. The molecule has 102 valence electrons. The molecule has 0 aliphatic carbocycles. The Morgan fingerprint density at radius 3 is 2.68 bits per heavy atom. The molecule has 0 aromatic carbocycles. The fourth-order valence-corrected chi connectivity index (χ4v) is 1.18. The molecule has 6 nitrogen and oxygen atoms in total. The van der Waals surface area contributed by atoms with Crippen molar-refractivity contribution < 1.29 is 9.59 Å². The summed E-state index contributed by atoms with van der Waals surface area (Å²) in [6.07, 6.45) is 1.70. The van der Waals surface area contributed by atoms with Gasteiger partial charge in [0.1, 0.15) is 5.82 Å². The first-order chi connectivity index (χ1) is 8.99. The SMILES string of the molecule is C/C(CC(=O)Nc1ccccn1)=N\NC(=O)C(C)C. The van der Waals surface area contributed by atoms with Crippen molar-refractivity contribution in [1.82, 2.24) is 10.4 Å². The van der Waals surface area contributed by atoms with E-state index in [2.05, 4.69) is 20.8 Å². The van der Waals surface area contributed by atoms with Crippen LogP contribution < -0.4 is 10.7 Å². The second-order valence-electron chi connectivity index (χ2n) is 4.42. The summed E-state index contributed by atoms with van der Waals surface area (Å²) in [5.74, 6) is -0.0476. The number of hydrazone groups is 1. The molecule has 6 heteroatoms. The molecule has 0 aliphatic heterocycles. The van der Waals surface area contributed by atoms with Gasteiger partial charge in [-0.2, -0.15) is 5.10 Å². The van der Waals surface area contributed by atoms with Gasteiger partial charge in [-0.05, 0) is 19.1 Å². The van der Waals surface area contributed by atoms with Crippen LogP contribution in [0.1, 0.15) is 27.2 Å². The largest absolute Gasteiger partial charge is 0.310 e. The Hall–Kier alpha value is -2.24. The first-order valence-electron chi connectivity index (χ1n) is 6.03. The Morgan fingerprint density at radius 2 is 2.11 bits per heavy atom. The number of anilines is 1. The normalized spacial score (nSPS) is 11.3. The van der Waals surface area contributed by atoms with E-state index in [9.17, 15) is 9.59 Å². The molecule has 1 rings (SSSR count). The number of carbonyl (C=O) groups excluding carboxylic acids is 2. The first-order valence-corrected chi connectivity index (χ1v) is 6.03. The van der Waals surface area contributed by atoms with Crippen LogP contribution in [0.5, 0.6) is 0 Å². The summed E-state index contributed by atoms with van der Waals surface area (Å²) >= 11 is 0. The fourth-order valence-electron chi connectivity index (χ4n) is 1.18. The molecule has 2 N–H and O–H groups in total. The molecule has 0 saturated heterocycles. The second-order valence-corrected chi connectivity index (χ2v) is 4.42. The van der Waals surface area contributed by atoms with Crippen molar-refractivity contribution in [3.05, 3.63) is 24.4 Å². The second kappa shape index (κ2) is 7.25. The zero-order valence-corrected chi connectivity index (χ0v) is 11.3. The molecule has 1 aromatic heterocycles. The number of pyridine rings is 1.